The fourth-order valence-corrected chi connectivity index (χ4v) is 6.88. The molecule has 2 aliphatic heterocycles. The maximum absolute atomic E-state index is 13.6. The van der Waals surface area contributed by atoms with E-state index in [1.54, 1.807) is 23.5 Å². The molecule has 0 bridgehead atoms. The highest BCUT2D eigenvalue weighted by Gasteiger charge is 2.33. The fraction of sp³-hybridized carbons (Fsp3) is 0.333. The van der Waals surface area contributed by atoms with Crippen molar-refractivity contribution in [1.82, 2.24) is 14.4 Å². The third-order valence-electron chi connectivity index (χ3n) is 8.02. The number of carbonyl (C=O) groups is 1. The van der Waals surface area contributed by atoms with Crippen LogP contribution in [-0.4, -0.2) is 64.4 Å². The van der Waals surface area contributed by atoms with Gasteiger partial charge in [0.2, 0.25) is 0 Å². The Bertz CT molecular complexity index is 1640. The van der Waals surface area contributed by atoms with E-state index in [1.165, 1.54) is 17.3 Å². The molecule has 8 nitrogen and oxygen atoms in total. The zero-order chi connectivity index (χ0) is 30.5. The summed E-state index contributed by atoms with van der Waals surface area (Å²) >= 11 is 6.89. The smallest absolute Gasteiger partial charge is 0.270 e. The molecular formula is C33H35N5O3S2. The van der Waals surface area contributed by atoms with Crippen LogP contribution < -0.4 is 15.2 Å². The Balaban J connectivity index is 1.42. The summed E-state index contributed by atoms with van der Waals surface area (Å²) in [6.45, 7) is 8.56. The van der Waals surface area contributed by atoms with Crippen LogP contribution in [0.1, 0.15) is 34.7 Å². The Kier molecular flexibility index (Phi) is 9.65. The summed E-state index contributed by atoms with van der Waals surface area (Å²) in [5, 5.41) is 9.91. The normalized spacial score (nSPS) is 16.7. The minimum atomic E-state index is -0.298. The summed E-state index contributed by atoms with van der Waals surface area (Å²) in [6, 6.07) is 20.3. The van der Waals surface area contributed by atoms with Crippen LogP contribution in [0.2, 0.25) is 0 Å². The number of thiocarbonyl (C=S) groups is 1. The highest BCUT2D eigenvalue weighted by molar-refractivity contribution is 8.26. The minimum Gasteiger partial charge on any atom is -0.497 e. The molecular weight excluding hydrogens is 579 g/mol. The van der Waals surface area contributed by atoms with Crippen molar-refractivity contribution in [1.29, 1.82) is 5.26 Å². The monoisotopic (exact) mass is 613 g/mol. The van der Waals surface area contributed by atoms with E-state index in [2.05, 4.69) is 40.1 Å². The number of nitriles is 1. The highest BCUT2D eigenvalue weighted by Crippen LogP contribution is 2.36. The molecule has 3 aromatic rings. The quantitative estimate of drug-likeness (QED) is 0.251. The van der Waals surface area contributed by atoms with Gasteiger partial charge in [-0.1, -0.05) is 66.4 Å². The summed E-state index contributed by atoms with van der Waals surface area (Å²) < 4.78 is 7.42. The van der Waals surface area contributed by atoms with Crippen LogP contribution in [0.15, 0.2) is 64.3 Å². The average molecular weight is 614 g/mol. The van der Waals surface area contributed by atoms with E-state index in [1.807, 2.05) is 43.3 Å². The number of aromatic nitrogens is 1. The number of anilines is 1. The van der Waals surface area contributed by atoms with Gasteiger partial charge in [0.05, 0.1) is 12.0 Å². The molecule has 5 rings (SSSR count). The molecule has 2 fully saturated rings. The molecule has 0 N–H and O–H groups in total. The molecule has 0 radical (unpaired) electrons. The molecule has 2 aliphatic rings. The van der Waals surface area contributed by atoms with Gasteiger partial charge in [-0.15, -0.1) is 0 Å². The Hall–Kier alpha value is -3.91. The molecule has 2 saturated heterocycles. The number of methoxy groups -OCH3 is 1. The van der Waals surface area contributed by atoms with E-state index in [0.29, 0.717) is 34.3 Å². The number of piperazine rings is 1. The van der Waals surface area contributed by atoms with Crippen LogP contribution in [0.4, 0.5) is 5.82 Å². The number of pyridine rings is 1. The van der Waals surface area contributed by atoms with Crippen molar-refractivity contribution in [3.05, 3.63) is 97.7 Å². The topological polar surface area (TPSA) is 81.8 Å². The summed E-state index contributed by atoms with van der Waals surface area (Å²) in [5.74, 6) is 1.38. The van der Waals surface area contributed by atoms with Crippen molar-refractivity contribution >= 4 is 46.1 Å². The van der Waals surface area contributed by atoms with Gasteiger partial charge in [0, 0.05) is 51.4 Å². The lowest BCUT2D eigenvalue weighted by molar-refractivity contribution is -0.122. The number of thioether (sulfide) groups is 1. The highest BCUT2D eigenvalue weighted by atomic mass is 32.2. The van der Waals surface area contributed by atoms with Gasteiger partial charge in [0.15, 0.2) is 0 Å². The summed E-state index contributed by atoms with van der Waals surface area (Å²) in [6.07, 6.45) is 2.49. The molecule has 0 atom stereocenters. The number of carbonyl (C=O) groups excluding carboxylic acids is 1. The van der Waals surface area contributed by atoms with Crippen molar-refractivity contribution in [3.63, 3.8) is 0 Å². The molecule has 2 aromatic carbocycles. The molecule has 1 aromatic heterocycles. The lowest BCUT2D eigenvalue weighted by Gasteiger charge is -2.38. The number of benzene rings is 2. The number of amides is 1. The summed E-state index contributed by atoms with van der Waals surface area (Å²) in [7, 11) is 1.63. The van der Waals surface area contributed by atoms with Crippen molar-refractivity contribution in [2.45, 2.75) is 33.4 Å². The molecule has 0 saturated carbocycles. The minimum absolute atomic E-state index is 0.106. The molecule has 222 valence electrons. The molecule has 0 spiro atoms. The first-order valence-corrected chi connectivity index (χ1v) is 15.6. The zero-order valence-electron chi connectivity index (χ0n) is 24.7. The molecule has 3 heterocycles. The second kappa shape index (κ2) is 13.6. The van der Waals surface area contributed by atoms with Crippen molar-refractivity contribution in [2.75, 3.05) is 44.7 Å². The number of ether oxygens (including phenoxy) is 1. The van der Waals surface area contributed by atoms with Crippen LogP contribution in [0.5, 0.6) is 5.75 Å². The van der Waals surface area contributed by atoms with E-state index < -0.39 is 0 Å². The first-order valence-electron chi connectivity index (χ1n) is 14.4. The van der Waals surface area contributed by atoms with Gasteiger partial charge >= 0.3 is 0 Å². The lowest BCUT2D eigenvalue weighted by Crippen LogP contribution is -2.48. The number of rotatable bonds is 9. The third kappa shape index (κ3) is 6.54. The third-order valence-corrected chi connectivity index (χ3v) is 9.39. The van der Waals surface area contributed by atoms with Gasteiger partial charge in [-0.05, 0) is 55.2 Å². The van der Waals surface area contributed by atoms with Crippen molar-refractivity contribution < 1.29 is 9.53 Å². The van der Waals surface area contributed by atoms with Crippen LogP contribution in [0.3, 0.4) is 0 Å². The van der Waals surface area contributed by atoms with Gasteiger partial charge < -0.3 is 9.64 Å². The Labute approximate surface area is 262 Å². The molecule has 10 heteroatoms. The first kappa shape index (κ1) is 30.5. The van der Waals surface area contributed by atoms with Crippen molar-refractivity contribution in [2.24, 2.45) is 0 Å². The van der Waals surface area contributed by atoms with Crippen molar-refractivity contribution in [3.8, 4) is 11.8 Å². The predicted octanol–water partition coefficient (Wildman–Crippen LogP) is 4.82. The van der Waals surface area contributed by atoms with E-state index in [9.17, 15) is 14.9 Å². The number of hydrogen-bond acceptors (Lipinski definition) is 8. The van der Waals surface area contributed by atoms with Gasteiger partial charge in [0.25, 0.3) is 11.5 Å². The maximum Gasteiger partial charge on any atom is 0.270 e. The average Bonchev–Trinajstić information content (AvgIpc) is 3.29. The maximum atomic E-state index is 13.6. The molecule has 43 heavy (non-hydrogen) atoms. The standard InChI is InChI=1S/C33H35N5O3S2/c1-4-37-30(36-18-16-35(17-19-36)22-25-8-6-5-7-9-25)27(23(2)28(21-34)31(37)39)20-29-32(40)38(33(42)43-29)15-14-24-10-12-26(41-3)13-11-24/h5-13,20H,4,14-19,22H2,1-3H3/b29-20-. The second-order valence-electron chi connectivity index (χ2n) is 10.6. The Morgan fingerprint density at radius 2 is 1.72 bits per heavy atom. The zero-order valence-corrected chi connectivity index (χ0v) is 26.3. The Morgan fingerprint density at radius 3 is 2.35 bits per heavy atom. The van der Waals surface area contributed by atoms with Crippen LogP contribution in [-0.2, 0) is 24.3 Å². The predicted molar refractivity (Wildman–Crippen MR) is 176 cm³/mol. The SMILES string of the molecule is CCn1c(N2CCN(Cc3ccccc3)CC2)c(/C=C2\SC(=S)N(CCc3ccc(OC)cc3)C2=O)c(C)c(C#N)c1=O. The van der Waals surface area contributed by atoms with Gasteiger partial charge in [0.1, 0.15) is 27.5 Å². The Morgan fingerprint density at radius 1 is 1.02 bits per heavy atom. The fourth-order valence-electron chi connectivity index (χ4n) is 5.59. The van der Waals surface area contributed by atoms with E-state index in [0.717, 1.165) is 55.4 Å². The van der Waals surface area contributed by atoms with Gasteiger partial charge in [-0.3, -0.25) is 24.0 Å². The van der Waals surface area contributed by atoms with Gasteiger partial charge in [-0.2, -0.15) is 5.26 Å². The first-order chi connectivity index (χ1) is 20.8. The van der Waals surface area contributed by atoms with Crippen LogP contribution >= 0.6 is 24.0 Å². The number of hydrogen-bond donors (Lipinski definition) is 0. The van der Waals surface area contributed by atoms with E-state index in [-0.39, 0.29) is 17.0 Å². The molecule has 0 unspecified atom stereocenters. The van der Waals surface area contributed by atoms with E-state index in [4.69, 9.17) is 17.0 Å². The summed E-state index contributed by atoms with van der Waals surface area (Å²) in [5.41, 5.74) is 3.47. The largest absolute Gasteiger partial charge is 0.497 e. The lowest BCUT2D eigenvalue weighted by atomic mass is 10.0. The number of nitrogens with zero attached hydrogens (tertiary/aromatic N) is 5. The molecule has 1 amide bonds. The van der Waals surface area contributed by atoms with E-state index >= 15 is 0 Å². The molecule has 0 aliphatic carbocycles. The van der Waals surface area contributed by atoms with Gasteiger partial charge in [-0.25, -0.2) is 0 Å². The summed E-state index contributed by atoms with van der Waals surface area (Å²) in [4.78, 5) is 33.8. The van der Waals surface area contributed by atoms with Crippen LogP contribution in [0.25, 0.3) is 6.08 Å². The second-order valence-corrected chi connectivity index (χ2v) is 12.3. The van der Waals surface area contributed by atoms with Crippen LogP contribution in [0, 0.1) is 18.3 Å².